The molecule has 1 saturated heterocycles. The van der Waals surface area contributed by atoms with Crippen molar-refractivity contribution in [2.24, 2.45) is 0 Å². The zero-order valence-corrected chi connectivity index (χ0v) is 14.6. The topological polar surface area (TPSA) is 96.5 Å². The molecular weight excluding hydrogens is 342 g/mol. The maximum absolute atomic E-state index is 12.1. The van der Waals surface area contributed by atoms with E-state index in [4.69, 9.17) is 4.74 Å². The smallest absolute Gasteiger partial charge is 0.325 e. The molecule has 2 aromatic rings. The molecule has 9 heteroatoms. The SMILES string of the molecule is COc1ccccc1NC(=O)Nc1nnc(CC(=O)N2CCCC2)s1. The van der Waals surface area contributed by atoms with E-state index in [1.54, 1.807) is 18.2 Å². The maximum atomic E-state index is 12.1. The van der Waals surface area contributed by atoms with Crippen LogP contribution in [0.4, 0.5) is 15.6 Å². The van der Waals surface area contributed by atoms with Crippen molar-refractivity contribution in [3.8, 4) is 5.75 Å². The summed E-state index contributed by atoms with van der Waals surface area (Å²) in [7, 11) is 1.53. The van der Waals surface area contributed by atoms with Gasteiger partial charge in [0.1, 0.15) is 10.8 Å². The highest BCUT2D eigenvalue weighted by Gasteiger charge is 2.20. The van der Waals surface area contributed by atoms with Gasteiger partial charge in [-0.1, -0.05) is 23.5 Å². The highest BCUT2D eigenvalue weighted by atomic mass is 32.1. The molecule has 2 heterocycles. The van der Waals surface area contributed by atoms with Crippen molar-refractivity contribution in [3.05, 3.63) is 29.3 Å². The second-order valence-corrected chi connectivity index (χ2v) is 6.61. The minimum absolute atomic E-state index is 0.0543. The molecule has 3 rings (SSSR count). The molecule has 1 fully saturated rings. The van der Waals surface area contributed by atoms with Crippen molar-refractivity contribution in [2.75, 3.05) is 30.8 Å². The average molecular weight is 361 g/mol. The fourth-order valence-electron chi connectivity index (χ4n) is 2.58. The number of para-hydroxylation sites is 2. The Labute approximate surface area is 149 Å². The number of carbonyl (C=O) groups is 2. The fraction of sp³-hybridized carbons (Fsp3) is 0.375. The van der Waals surface area contributed by atoms with E-state index in [2.05, 4.69) is 20.8 Å². The third-order valence-electron chi connectivity index (χ3n) is 3.80. The van der Waals surface area contributed by atoms with Crippen LogP contribution in [-0.2, 0) is 11.2 Å². The zero-order valence-electron chi connectivity index (χ0n) is 13.8. The Morgan fingerprint density at radius 1 is 1.20 bits per heavy atom. The summed E-state index contributed by atoms with van der Waals surface area (Å²) in [6.07, 6.45) is 2.32. The van der Waals surface area contributed by atoms with Crippen LogP contribution in [0.25, 0.3) is 0 Å². The monoisotopic (exact) mass is 361 g/mol. The summed E-state index contributed by atoms with van der Waals surface area (Å²) in [6.45, 7) is 1.62. The molecule has 0 unspecified atom stereocenters. The van der Waals surface area contributed by atoms with Gasteiger partial charge in [0.05, 0.1) is 19.2 Å². The second kappa shape index (κ2) is 7.93. The van der Waals surface area contributed by atoms with E-state index < -0.39 is 6.03 Å². The van der Waals surface area contributed by atoms with Gasteiger partial charge >= 0.3 is 6.03 Å². The van der Waals surface area contributed by atoms with Crippen LogP contribution in [0.15, 0.2) is 24.3 Å². The van der Waals surface area contributed by atoms with Crippen molar-refractivity contribution in [2.45, 2.75) is 19.3 Å². The number of ether oxygens (including phenoxy) is 1. The summed E-state index contributed by atoms with van der Waals surface area (Å²) in [5, 5.41) is 14.1. The van der Waals surface area contributed by atoms with Gasteiger partial charge in [0.15, 0.2) is 0 Å². The highest BCUT2D eigenvalue weighted by molar-refractivity contribution is 7.15. The van der Waals surface area contributed by atoms with Crippen LogP contribution in [0.5, 0.6) is 5.75 Å². The van der Waals surface area contributed by atoms with Crippen LogP contribution < -0.4 is 15.4 Å². The number of nitrogens with zero attached hydrogens (tertiary/aromatic N) is 3. The Kier molecular flexibility index (Phi) is 5.44. The first-order valence-electron chi connectivity index (χ1n) is 7.97. The third-order valence-corrected chi connectivity index (χ3v) is 4.64. The predicted molar refractivity (Wildman–Crippen MR) is 95.1 cm³/mol. The number of anilines is 2. The average Bonchev–Trinajstić information content (AvgIpc) is 3.27. The van der Waals surface area contributed by atoms with E-state index in [0.29, 0.717) is 21.6 Å². The first-order valence-corrected chi connectivity index (χ1v) is 8.78. The summed E-state index contributed by atoms with van der Waals surface area (Å²) < 4.78 is 5.18. The molecule has 0 bridgehead atoms. The number of urea groups is 1. The summed E-state index contributed by atoms with van der Waals surface area (Å²) in [6, 6.07) is 6.65. The maximum Gasteiger partial charge on any atom is 0.325 e. The van der Waals surface area contributed by atoms with Gasteiger partial charge in [-0.25, -0.2) is 4.79 Å². The normalized spacial score (nSPS) is 13.6. The van der Waals surface area contributed by atoms with Gasteiger partial charge in [0.2, 0.25) is 11.0 Å². The molecule has 0 saturated carbocycles. The van der Waals surface area contributed by atoms with Crippen LogP contribution in [-0.4, -0.2) is 47.2 Å². The van der Waals surface area contributed by atoms with Gasteiger partial charge in [0.25, 0.3) is 0 Å². The Balaban J connectivity index is 1.55. The second-order valence-electron chi connectivity index (χ2n) is 5.55. The molecular formula is C16H19N5O3S. The van der Waals surface area contributed by atoms with E-state index in [-0.39, 0.29) is 12.3 Å². The molecule has 0 spiro atoms. The first kappa shape index (κ1) is 17.2. The number of likely N-dealkylation sites (tertiary alicyclic amines) is 1. The highest BCUT2D eigenvalue weighted by Crippen LogP contribution is 2.23. The standard InChI is InChI=1S/C16H19N5O3S/c1-24-12-7-3-2-6-11(12)17-15(23)18-16-20-19-13(25-16)10-14(22)21-8-4-5-9-21/h2-3,6-7H,4-5,8-10H2,1H3,(H2,17,18,20,23). The van der Waals surface area contributed by atoms with Gasteiger partial charge < -0.3 is 15.0 Å². The number of amides is 3. The van der Waals surface area contributed by atoms with Crippen molar-refractivity contribution in [1.29, 1.82) is 0 Å². The first-order chi connectivity index (χ1) is 12.2. The van der Waals surface area contributed by atoms with Crippen LogP contribution in [0.2, 0.25) is 0 Å². The summed E-state index contributed by atoms with van der Waals surface area (Å²) in [5.74, 6) is 0.616. The Morgan fingerprint density at radius 2 is 1.96 bits per heavy atom. The Hall–Kier alpha value is -2.68. The molecule has 8 nitrogen and oxygen atoms in total. The molecule has 0 aliphatic carbocycles. The van der Waals surface area contributed by atoms with E-state index in [1.165, 1.54) is 18.4 Å². The third kappa shape index (κ3) is 4.44. The quantitative estimate of drug-likeness (QED) is 0.852. The zero-order chi connectivity index (χ0) is 17.6. The molecule has 25 heavy (non-hydrogen) atoms. The van der Waals surface area contributed by atoms with E-state index >= 15 is 0 Å². The minimum atomic E-state index is -0.446. The van der Waals surface area contributed by atoms with E-state index in [1.807, 2.05) is 11.0 Å². The summed E-state index contributed by atoms with van der Waals surface area (Å²) in [5.41, 5.74) is 0.552. The number of nitrogens with one attached hydrogen (secondary N) is 2. The predicted octanol–water partition coefficient (Wildman–Crippen LogP) is 2.36. The summed E-state index contributed by atoms with van der Waals surface area (Å²) >= 11 is 1.20. The van der Waals surface area contributed by atoms with Crippen LogP contribution in [0.3, 0.4) is 0 Å². The van der Waals surface area contributed by atoms with Crippen molar-refractivity contribution < 1.29 is 14.3 Å². The van der Waals surface area contributed by atoms with Crippen LogP contribution in [0.1, 0.15) is 17.8 Å². The van der Waals surface area contributed by atoms with Crippen molar-refractivity contribution in [1.82, 2.24) is 15.1 Å². The molecule has 1 aromatic carbocycles. The largest absolute Gasteiger partial charge is 0.495 e. The van der Waals surface area contributed by atoms with E-state index in [9.17, 15) is 9.59 Å². The Morgan fingerprint density at radius 3 is 2.72 bits per heavy atom. The molecule has 132 valence electrons. The lowest BCUT2D eigenvalue weighted by Crippen LogP contribution is -2.28. The lowest BCUT2D eigenvalue weighted by atomic mass is 10.3. The number of aromatic nitrogens is 2. The lowest BCUT2D eigenvalue weighted by Gasteiger charge is -2.13. The molecule has 1 aromatic heterocycles. The van der Waals surface area contributed by atoms with Gasteiger partial charge in [-0.2, -0.15) is 0 Å². The van der Waals surface area contributed by atoms with Gasteiger partial charge in [0, 0.05) is 13.1 Å². The fourth-order valence-corrected chi connectivity index (χ4v) is 3.31. The van der Waals surface area contributed by atoms with Gasteiger partial charge in [-0.05, 0) is 25.0 Å². The number of carbonyl (C=O) groups excluding carboxylic acids is 2. The van der Waals surface area contributed by atoms with Gasteiger partial charge in [-0.15, -0.1) is 10.2 Å². The van der Waals surface area contributed by atoms with Crippen LogP contribution >= 0.6 is 11.3 Å². The number of benzene rings is 1. The minimum Gasteiger partial charge on any atom is -0.495 e. The van der Waals surface area contributed by atoms with Crippen LogP contribution in [0, 0.1) is 0 Å². The number of methoxy groups -OCH3 is 1. The number of hydrogen-bond acceptors (Lipinski definition) is 6. The number of rotatable bonds is 5. The summed E-state index contributed by atoms with van der Waals surface area (Å²) in [4.78, 5) is 26.0. The van der Waals surface area contributed by atoms with Gasteiger partial charge in [-0.3, -0.25) is 10.1 Å². The van der Waals surface area contributed by atoms with Crippen molar-refractivity contribution >= 4 is 34.1 Å². The molecule has 1 aliphatic heterocycles. The van der Waals surface area contributed by atoms with E-state index in [0.717, 1.165) is 25.9 Å². The lowest BCUT2D eigenvalue weighted by molar-refractivity contribution is -0.129. The molecule has 2 N–H and O–H groups in total. The molecule has 3 amide bonds. The van der Waals surface area contributed by atoms with Crippen molar-refractivity contribution in [3.63, 3.8) is 0 Å². The molecule has 1 aliphatic rings. The molecule has 0 atom stereocenters. The molecule has 0 radical (unpaired) electrons. The number of hydrogen-bond donors (Lipinski definition) is 2. The Bertz CT molecular complexity index is 758.